The van der Waals surface area contributed by atoms with Crippen LogP contribution in [0.1, 0.15) is 10.4 Å². The lowest BCUT2D eigenvalue weighted by Gasteiger charge is -2.01. The van der Waals surface area contributed by atoms with Crippen LogP contribution in [0.15, 0.2) is 42.6 Å². The van der Waals surface area contributed by atoms with E-state index in [1.165, 1.54) is 6.20 Å². The van der Waals surface area contributed by atoms with Gasteiger partial charge in [-0.05, 0) is 18.2 Å². The van der Waals surface area contributed by atoms with Gasteiger partial charge in [0.25, 0.3) is 0 Å². The SMILES string of the molecule is Nc1c2ncc(C(=O)CO)cc2nn1-c1ccccc1. The highest BCUT2D eigenvalue weighted by Crippen LogP contribution is 2.22. The highest BCUT2D eigenvalue weighted by Gasteiger charge is 2.13. The van der Waals surface area contributed by atoms with Crippen molar-refractivity contribution in [2.24, 2.45) is 0 Å². The molecular weight excluding hydrogens is 256 g/mol. The summed E-state index contributed by atoms with van der Waals surface area (Å²) in [4.78, 5) is 15.6. The van der Waals surface area contributed by atoms with Gasteiger partial charge in [0, 0.05) is 11.8 Å². The molecule has 0 radical (unpaired) electrons. The largest absolute Gasteiger partial charge is 0.388 e. The van der Waals surface area contributed by atoms with Gasteiger partial charge in [-0.1, -0.05) is 18.2 Å². The zero-order valence-corrected chi connectivity index (χ0v) is 10.5. The summed E-state index contributed by atoms with van der Waals surface area (Å²) in [7, 11) is 0. The van der Waals surface area contributed by atoms with Gasteiger partial charge in [-0.25, -0.2) is 9.67 Å². The number of Topliss-reactive ketones (excluding diaryl/α,β-unsaturated/α-hetero) is 1. The number of hydrogen-bond donors (Lipinski definition) is 2. The second-order valence-electron chi connectivity index (χ2n) is 4.31. The Balaban J connectivity index is 2.17. The lowest BCUT2D eigenvalue weighted by Crippen LogP contribution is -2.04. The van der Waals surface area contributed by atoms with Crippen LogP contribution in [0.4, 0.5) is 5.82 Å². The molecule has 3 aromatic rings. The van der Waals surface area contributed by atoms with Crippen molar-refractivity contribution in [2.75, 3.05) is 12.3 Å². The molecule has 0 saturated carbocycles. The predicted octanol–water partition coefficient (Wildman–Crippen LogP) is 1.18. The number of nitrogens with two attached hydrogens (primary N) is 1. The Morgan fingerprint density at radius 2 is 2.05 bits per heavy atom. The molecular formula is C14H12N4O2. The molecule has 20 heavy (non-hydrogen) atoms. The van der Waals surface area contributed by atoms with Crippen molar-refractivity contribution in [3.8, 4) is 5.69 Å². The summed E-state index contributed by atoms with van der Waals surface area (Å²) >= 11 is 0. The van der Waals surface area contributed by atoms with Crippen LogP contribution in [0.3, 0.4) is 0 Å². The quantitative estimate of drug-likeness (QED) is 0.695. The van der Waals surface area contributed by atoms with E-state index < -0.39 is 12.4 Å². The summed E-state index contributed by atoms with van der Waals surface area (Å²) < 4.78 is 1.57. The Morgan fingerprint density at radius 3 is 2.75 bits per heavy atom. The molecule has 1 aromatic carbocycles. The van der Waals surface area contributed by atoms with E-state index in [-0.39, 0.29) is 0 Å². The third kappa shape index (κ3) is 1.92. The Labute approximate surface area is 114 Å². The van der Waals surface area contributed by atoms with Crippen molar-refractivity contribution in [1.82, 2.24) is 14.8 Å². The minimum Gasteiger partial charge on any atom is -0.388 e. The van der Waals surface area contributed by atoms with E-state index in [1.807, 2.05) is 30.3 Å². The van der Waals surface area contributed by atoms with Crippen molar-refractivity contribution in [1.29, 1.82) is 0 Å². The van der Waals surface area contributed by atoms with Crippen molar-refractivity contribution in [3.05, 3.63) is 48.2 Å². The minimum absolute atomic E-state index is 0.317. The molecule has 0 unspecified atom stereocenters. The molecule has 0 bridgehead atoms. The fraction of sp³-hybridized carbons (Fsp3) is 0.0714. The van der Waals surface area contributed by atoms with Gasteiger partial charge in [0.2, 0.25) is 0 Å². The number of hydrogen-bond acceptors (Lipinski definition) is 5. The molecule has 0 aliphatic rings. The number of aromatic nitrogens is 3. The van der Waals surface area contributed by atoms with E-state index in [0.29, 0.717) is 22.4 Å². The third-order valence-electron chi connectivity index (χ3n) is 3.01. The maximum Gasteiger partial charge on any atom is 0.189 e. The van der Waals surface area contributed by atoms with E-state index in [1.54, 1.807) is 10.7 Å². The number of aliphatic hydroxyl groups is 1. The molecule has 2 heterocycles. The van der Waals surface area contributed by atoms with Crippen LogP contribution in [0, 0.1) is 0 Å². The molecule has 0 aliphatic heterocycles. The smallest absolute Gasteiger partial charge is 0.189 e. The number of nitrogens with zero attached hydrogens (tertiary/aromatic N) is 3. The maximum absolute atomic E-state index is 11.5. The average Bonchev–Trinajstić information content (AvgIpc) is 2.84. The van der Waals surface area contributed by atoms with Crippen LogP contribution in [-0.4, -0.2) is 32.3 Å². The molecule has 0 amide bonds. The normalized spacial score (nSPS) is 10.8. The zero-order chi connectivity index (χ0) is 14.1. The summed E-state index contributed by atoms with van der Waals surface area (Å²) in [5.74, 6) is 0.0152. The van der Waals surface area contributed by atoms with Gasteiger partial charge in [-0.3, -0.25) is 4.79 Å². The molecule has 0 saturated heterocycles. The highest BCUT2D eigenvalue weighted by atomic mass is 16.3. The Morgan fingerprint density at radius 1 is 1.30 bits per heavy atom. The first kappa shape index (κ1) is 12.3. The highest BCUT2D eigenvalue weighted by molar-refractivity contribution is 6.00. The third-order valence-corrected chi connectivity index (χ3v) is 3.01. The van der Waals surface area contributed by atoms with Crippen LogP contribution in [0.5, 0.6) is 0 Å². The molecule has 3 N–H and O–H groups in total. The van der Waals surface area contributed by atoms with Crippen molar-refractivity contribution >= 4 is 22.6 Å². The number of para-hydroxylation sites is 1. The van der Waals surface area contributed by atoms with E-state index in [4.69, 9.17) is 10.8 Å². The second kappa shape index (κ2) is 4.75. The number of ketones is 1. The first-order valence-electron chi connectivity index (χ1n) is 6.04. The van der Waals surface area contributed by atoms with E-state index in [0.717, 1.165) is 5.69 Å². The average molecular weight is 268 g/mol. The van der Waals surface area contributed by atoms with Crippen molar-refractivity contribution in [3.63, 3.8) is 0 Å². The van der Waals surface area contributed by atoms with Gasteiger partial charge >= 0.3 is 0 Å². The summed E-state index contributed by atoms with van der Waals surface area (Å²) in [6.07, 6.45) is 1.40. The molecule has 100 valence electrons. The van der Waals surface area contributed by atoms with Gasteiger partial charge in [0.05, 0.1) is 5.69 Å². The number of benzene rings is 1. The molecule has 0 spiro atoms. The number of fused-ring (bicyclic) bond motifs is 1. The maximum atomic E-state index is 11.5. The Kier molecular flexibility index (Phi) is 2.92. The zero-order valence-electron chi connectivity index (χ0n) is 10.5. The van der Waals surface area contributed by atoms with Crippen LogP contribution in [0.25, 0.3) is 16.7 Å². The fourth-order valence-corrected chi connectivity index (χ4v) is 2.00. The lowest BCUT2D eigenvalue weighted by molar-refractivity contribution is 0.0903. The number of aliphatic hydroxyl groups excluding tert-OH is 1. The molecule has 6 nitrogen and oxygen atoms in total. The minimum atomic E-state index is -0.554. The van der Waals surface area contributed by atoms with Gasteiger partial charge in [-0.2, -0.15) is 5.10 Å². The molecule has 6 heteroatoms. The molecule has 0 atom stereocenters. The first-order valence-corrected chi connectivity index (χ1v) is 6.04. The molecule has 0 aliphatic carbocycles. The summed E-state index contributed by atoms with van der Waals surface area (Å²) in [6.45, 7) is -0.554. The Bertz CT molecular complexity index is 780. The second-order valence-corrected chi connectivity index (χ2v) is 4.31. The Hall–Kier alpha value is -2.73. The number of rotatable bonds is 3. The van der Waals surface area contributed by atoms with E-state index >= 15 is 0 Å². The number of pyridine rings is 1. The van der Waals surface area contributed by atoms with Gasteiger partial charge in [0.1, 0.15) is 17.6 Å². The van der Waals surface area contributed by atoms with Crippen LogP contribution >= 0.6 is 0 Å². The predicted molar refractivity (Wildman–Crippen MR) is 74.7 cm³/mol. The fourth-order valence-electron chi connectivity index (χ4n) is 2.00. The standard InChI is InChI=1S/C14H12N4O2/c15-14-13-11(6-9(7-16-13)12(20)8-19)17-18(14)10-4-2-1-3-5-10/h1-7,19H,8,15H2. The molecule has 0 fully saturated rings. The van der Waals surface area contributed by atoms with Crippen molar-refractivity contribution < 1.29 is 9.90 Å². The van der Waals surface area contributed by atoms with Gasteiger partial charge < -0.3 is 10.8 Å². The van der Waals surface area contributed by atoms with Crippen LogP contribution < -0.4 is 5.73 Å². The number of carbonyl (C=O) groups excluding carboxylic acids is 1. The summed E-state index contributed by atoms with van der Waals surface area (Å²) in [5.41, 5.74) is 8.22. The number of anilines is 1. The van der Waals surface area contributed by atoms with Crippen molar-refractivity contribution in [2.45, 2.75) is 0 Å². The van der Waals surface area contributed by atoms with Crippen LogP contribution in [-0.2, 0) is 0 Å². The lowest BCUT2D eigenvalue weighted by atomic mass is 10.2. The van der Waals surface area contributed by atoms with Gasteiger partial charge in [0.15, 0.2) is 11.6 Å². The summed E-state index contributed by atoms with van der Waals surface area (Å²) in [5, 5.41) is 13.2. The van der Waals surface area contributed by atoms with E-state index in [9.17, 15) is 4.79 Å². The van der Waals surface area contributed by atoms with E-state index in [2.05, 4.69) is 10.1 Å². The topological polar surface area (TPSA) is 94.0 Å². The monoisotopic (exact) mass is 268 g/mol. The molecule has 3 rings (SSSR count). The molecule has 2 aromatic heterocycles. The number of nitrogen functional groups attached to an aromatic ring is 1. The van der Waals surface area contributed by atoms with Gasteiger partial charge in [-0.15, -0.1) is 0 Å². The summed E-state index contributed by atoms with van der Waals surface area (Å²) in [6, 6.07) is 11.0. The first-order chi connectivity index (χ1) is 9.70. The van der Waals surface area contributed by atoms with Crippen LogP contribution in [0.2, 0.25) is 0 Å². The number of carbonyl (C=O) groups is 1.